The number of nitrogens with zero attached hydrogens (tertiary/aromatic N) is 1. The van der Waals surface area contributed by atoms with Gasteiger partial charge < -0.3 is 19.7 Å². The monoisotopic (exact) mass is 270 g/mol. The van der Waals surface area contributed by atoms with Crippen LogP contribution < -0.4 is 10.1 Å². The van der Waals surface area contributed by atoms with E-state index in [0.29, 0.717) is 12.2 Å². The third-order valence-electron chi connectivity index (χ3n) is 2.75. The van der Waals surface area contributed by atoms with Crippen molar-refractivity contribution in [1.29, 1.82) is 0 Å². The molecule has 7 nitrogen and oxygen atoms in total. The van der Waals surface area contributed by atoms with Crippen molar-refractivity contribution in [3.63, 3.8) is 0 Å². The van der Waals surface area contributed by atoms with Gasteiger partial charge in [0.1, 0.15) is 11.8 Å². The first kappa shape index (κ1) is 15.0. The maximum atomic E-state index is 11.6. The van der Waals surface area contributed by atoms with Crippen molar-refractivity contribution in [3.05, 3.63) is 11.8 Å². The van der Waals surface area contributed by atoms with Crippen LogP contribution in [0.3, 0.4) is 0 Å². The minimum absolute atomic E-state index is 0.157. The van der Waals surface area contributed by atoms with Gasteiger partial charge in [-0.2, -0.15) is 0 Å². The van der Waals surface area contributed by atoms with E-state index in [1.807, 2.05) is 6.92 Å². The molecule has 0 bridgehead atoms. The summed E-state index contributed by atoms with van der Waals surface area (Å²) in [6.45, 7) is 5.03. The number of carboxylic acid groups (broad SMARTS) is 1. The van der Waals surface area contributed by atoms with Crippen LogP contribution in [0.4, 0.5) is 0 Å². The van der Waals surface area contributed by atoms with Crippen molar-refractivity contribution in [2.45, 2.75) is 33.2 Å². The lowest BCUT2D eigenvalue weighted by Crippen LogP contribution is -2.46. The predicted octanol–water partition coefficient (Wildman–Crippen LogP) is 0.977. The summed E-state index contributed by atoms with van der Waals surface area (Å²) < 4.78 is 9.84. The Labute approximate surface area is 110 Å². The van der Waals surface area contributed by atoms with Crippen LogP contribution in [0.15, 0.2) is 10.6 Å². The molecule has 2 atom stereocenters. The van der Waals surface area contributed by atoms with Gasteiger partial charge in [-0.3, -0.25) is 4.79 Å². The zero-order valence-electron chi connectivity index (χ0n) is 11.2. The van der Waals surface area contributed by atoms with E-state index >= 15 is 0 Å². The van der Waals surface area contributed by atoms with Crippen LogP contribution in [-0.2, 0) is 9.59 Å². The van der Waals surface area contributed by atoms with Crippen LogP contribution in [0.1, 0.15) is 26.0 Å². The lowest BCUT2D eigenvalue weighted by Gasteiger charge is -2.19. The Hall–Kier alpha value is -2.05. The Morgan fingerprint density at radius 3 is 2.74 bits per heavy atom. The van der Waals surface area contributed by atoms with Crippen molar-refractivity contribution >= 4 is 11.9 Å². The van der Waals surface area contributed by atoms with Gasteiger partial charge in [0.15, 0.2) is 6.61 Å². The van der Waals surface area contributed by atoms with Gasteiger partial charge >= 0.3 is 5.97 Å². The number of ether oxygens (including phenoxy) is 1. The summed E-state index contributed by atoms with van der Waals surface area (Å²) in [6, 6.07) is 0.622. The second-order valence-electron chi connectivity index (χ2n) is 4.33. The van der Waals surface area contributed by atoms with Crippen molar-refractivity contribution in [1.82, 2.24) is 10.5 Å². The number of carbonyl (C=O) groups is 2. The summed E-state index contributed by atoms with van der Waals surface area (Å²) in [4.78, 5) is 22.6. The van der Waals surface area contributed by atoms with E-state index in [2.05, 4.69) is 10.5 Å². The highest BCUT2D eigenvalue weighted by molar-refractivity contribution is 5.84. The van der Waals surface area contributed by atoms with Gasteiger partial charge in [-0.25, -0.2) is 4.79 Å². The van der Waals surface area contributed by atoms with Crippen molar-refractivity contribution in [2.75, 3.05) is 6.61 Å². The summed E-state index contributed by atoms with van der Waals surface area (Å²) in [6.07, 6.45) is 0.653. The maximum Gasteiger partial charge on any atom is 0.326 e. The quantitative estimate of drug-likeness (QED) is 0.765. The Bertz CT molecular complexity index is 443. The topological polar surface area (TPSA) is 102 Å². The number of hydrogen-bond acceptors (Lipinski definition) is 5. The van der Waals surface area contributed by atoms with Crippen LogP contribution in [0.25, 0.3) is 0 Å². The molecule has 2 unspecified atom stereocenters. The molecule has 1 aromatic heterocycles. The average molecular weight is 270 g/mol. The number of aromatic nitrogens is 1. The second kappa shape index (κ2) is 6.77. The van der Waals surface area contributed by atoms with Crippen molar-refractivity contribution in [3.8, 4) is 5.88 Å². The molecule has 0 radical (unpaired) electrons. The fraction of sp³-hybridized carbons (Fsp3) is 0.583. The summed E-state index contributed by atoms with van der Waals surface area (Å²) in [5.74, 6) is -0.953. The molecule has 1 amide bonds. The van der Waals surface area contributed by atoms with Crippen LogP contribution in [-0.4, -0.2) is 34.8 Å². The van der Waals surface area contributed by atoms with Gasteiger partial charge in [-0.05, 0) is 18.0 Å². The fourth-order valence-corrected chi connectivity index (χ4v) is 1.45. The zero-order chi connectivity index (χ0) is 14.4. The number of amides is 1. The van der Waals surface area contributed by atoms with Crippen molar-refractivity contribution < 1.29 is 24.0 Å². The number of nitrogens with one attached hydrogen (secondary N) is 1. The third-order valence-corrected chi connectivity index (χ3v) is 2.75. The average Bonchev–Trinajstić information content (AvgIpc) is 2.78. The summed E-state index contributed by atoms with van der Waals surface area (Å²) in [5.41, 5.74) is 0. The first-order chi connectivity index (χ1) is 8.93. The van der Waals surface area contributed by atoms with Crippen LogP contribution >= 0.6 is 0 Å². The zero-order valence-corrected chi connectivity index (χ0v) is 11.2. The van der Waals surface area contributed by atoms with E-state index in [1.165, 1.54) is 6.07 Å². The number of carbonyl (C=O) groups excluding carboxylic acids is 1. The third kappa shape index (κ3) is 4.61. The van der Waals surface area contributed by atoms with Gasteiger partial charge in [0, 0.05) is 6.07 Å². The van der Waals surface area contributed by atoms with Gasteiger partial charge in [0.05, 0.1) is 0 Å². The second-order valence-corrected chi connectivity index (χ2v) is 4.33. The molecule has 2 N–H and O–H groups in total. The molecule has 19 heavy (non-hydrogen) atoms. The van der Waals surface area contributed by atoms with Crippen LogP contribution in [0.5, 0.6) is 5.88 Å². The van der Waals surface area contributed by atoms with Gasteiger partial charge in [-0.15, -0.1) is 0 Å². The highest BCUT2D eigenvalue weighted by atomic mass is 16.5. The van der Waals surface area contributed by atoms with E-state index in [9.17, 15) is 9.59 Å². The number of aliphatic carboxylic acids is 1. The molecule has 1 heterocycles. The minimum atomic E-state index is -1.06. The van der Waals surface area contributed by atoms with Crippen molar-refractivity contribution in [2.24, 2.45) is 5.92 Å². The molecule has 0 saturated carbocycles. The molecule has 0 aliphatic carbocycles. The van der Waals surface area contributed by atoms with Crippen LogP contribution in [0, 0.1) is 12.8 Å². The van der Waals surface area contributed by atoms with Gasteiger partial charge in [0.2, 0.25) is 0 Å². The molecule has 0 saturated heterocycles. The smallest absolute Gasteiger partial charge is 0.326 e. The molecule has 1 rings (SSSR count). The molecular weight excluding hydrogens is 252 g/mol. The SMILES string of the molecule is CCC(C)C(NC(=O)COc1cc(C)on1)C(=O)O. The first-order valence-electron chi connectivity index (χ1n) is 6.02. The number of aryl methyl sites for hydroxylation is 1. The predicted molar refractivity (Wildman–Crippen MR) is 65.8 cm³/mol. The number of rotatable bonds is 7. The van der Waals surface area contributed by atoms with E-state index in [-0.39, 0.29) is 18.4 Å². The standard InChI is InChI=1S/C12H18N2O5/c1-4-7(2)11(12(16)17)13-9(15)6-18-10-5-8(3)19-14-10/h5,7,11H,4,6H2,1-3H3,(H,13,15)(H,16,17). The molecule has 7 heteroatoms. The molecule has 0 aromatic carbocycles. The molecule has 1 aromatic rings. The molecule has 0 aliphatic heterocycles. The Morgan fingerprint density at radius 1 is 1.58 bits per heavy atom. The Kier molecular flexibility index (Phi) is 5.35. The highest BCUT2D eigenvalue weighted by Gasteiger charge is 2.25. The van der Waals surface area contributed by atoms with E-state index in [0.717, 1.165) is 0 Å². The molecule has 0 fully saturated rings. The Balaban J connectivity index is 2.46. The largest absolute Gasteiger partial charge is 0.480 e. The van der Waals surface area contributed by atoms with Crippen LogP contribution in [0.2, 0.25) is 0 Å². The first-order valence-corrected chi connectivity index (χ1v) is 6.02. The van der Waals surface area contributed by atoms with Gasteiger partial charge in [-0.1, -0.05) is 20.3 Å². The number of carboxylic acids is 1. The fourth-order valence-electron chi connectivity index (χ4n) is 1.45. The normalized spacial score (nSPS) is 13.6. The van der Waals surface area contributed by atoms with E-state index < -0.39 is 17.9 Å². The van der Waals surface area contributed by atoms with E-state index in [1.54, 1.807) is 13.8 Å². The summed E-state index contributed by atoms with van der Waals surface area (Å²) in [7, 11) is 0. The Morgan fingerprint density at radius 2 is 2.26 bits per heavy atom. The van der Waals surface area contributed by atoms with Gasteiger partial charge in [0.25, 0.3) is 11.8 Å². The minimum Gasteiger partial charge on any atom is -0.480 e. The molecule has 106 valence electrons. The summed E-state index contributed by atoms with van der Waals surface area (Å²) in [5, 5.41) is 15.0. The maximum absolute atomic E-state index is 11.6. The lowest BCUT2D eigenvalue weighted by molar-refractivity contribution is -0.143. The highest BCUT2D eigenvalue weighted by Crippen LogP contribution is 2.10. The molecular formula is C12H18N2O5. The van der Waals surface area contributed by atoms with E-state index in [4.69, 9.17) is 14.4 Å². The number of hydrogen-bond donors (Lipinski definition) is 2. The molecule has 0 spiro atoms. The lowest BCUT2D eigenvalue weighted by atomic mass is 9.99. The molecule has 0 aliphatic rings. The summed E-state index contributed by atoms with van der Waals surface area (Å²) >= 11 is 0.